The number of sulfonamides is 1. The zero-order valence-electron chi connectivity index (χ0n) is 10.9. The van der Waals surface area contributed by atoms with Crippen LogP contribution < -0.4 is 4.72 Å². The molecule has 0 radical (unpaired) electrons. The molecule has 0 saturated carbocycles. The molecule has 19 heavy (non-hydrogen) atoms. The average Bonchev–Trinajstić information content (AvgIpc) is 3.00. The van der Waals surface area contributed by atoms with Crippen LogP contribution in [0, 0.1) is 0 Å². The van der Waals surface area contributed by atoms with Crippen molar-refractivity contribution in [1.29, 1.82) is 0 Å². The number of amides is 1. The third-order valence-corrected chi connectivity index (χ3v) is 4.67. The molecule has 0 bridgehead atoms. The maximum absolute atomic E-state index is 11.9. The Labute approximate surface area is 112 Å². The van der Waals surface area contributed by atoms with Gasteiger partial charge in [-0.25, -0.2) is 13.1 Å². The van der Waals surface area contributed by atoms with Crippen molar-refractivity contribution in [1.82, 2.24) is 14.5 Å². The van der Waals surface area contributed by atoms with Gasteiger partial charge in [-0.05, 0) is 20.3 Å². The second-order valence-electron chi connectivity index (χ2n) is 4.76. The van der Waals surface area contributed by atoms with Gasteiger partial charge in [0.15, 0.2) is 0 Å². The number of hydrogen-bond acceptors (Lipinski definition) is 5. The fraction of sp³-hybridized carbons (Fsp3) is 0.636. The van der Waals surface area contributed by atoms with Crippen LogP contribution in [0.4, 0.5) is 0 Å². The van der Waals surface area contributed by atoms with E-state index >= 15 is 0 Å². The molecular weight excluding hydrogens is 270 g/mol. The van der Waals surface area contributed by atoms with Crippen LogP contribution in [0.15, 0.2) is 12.4 Å². The maximum atomic E-state index is 11.9. The van der Waals surface area contributed by atoms with Crippen LogP contribution in [0.2, 0.25) is 0 Å². The summed E-state index contributed by atoms with van der Waals surface area (Å²) in [4.78, 5) is 11.9. The first-order valence-electron chi connectivity index (χ1n) is 6.08. The van der Waals surface area contributed by atoms with Crippen molar-refractivity contribution in [3.05, 3.63) is 18.0 Å². The largest absolute Gasteiger partial charge is 0.380 e. The number of carbonyl (C=O) groups excluding carboxylic acids is 1. The lowest BCUT2D eigenvalue weighted by Crippen LogP contribution is -2.38. The van der Waals surface area contributed by atoms with E-state index in [1.807, 2.05) is 13.8 Å². The molecule has 1 fully saturated rings. The molecule has 0 aromatic carbocycles. The number of nitrogens with zero attached hydrogens (tertiary/aromatic N) is 2. The van der Waals surface area contributed by atoms with E-state index in [0.29, 0.717) is 13.0 Å². The highest BCUT2D eigenvalue weighted by Gasteiger charge is 2.31. The monoisotopic (exact) mass is 287 g/mol. The molecule has 1 amide bonds. The van der Waals surface area contributed by atoms with Crippen molar-refractivity contribution in [3.63, 3.8) is 0 Å². The van der Waals surface area contributed by atoms with Crippen LogP contribution in [0.1, 0.15) is 36.7 Å². The Bertz CT molecular complexity index is 558. The van der Waals surface area contributed by atoms with Gasteiger partial charge >= 0.3 is 0 Å². The highest BCUT2D eigenvalue weighted by molar-refractivity contribution is 7.90. The molecule has 1 aromatic heterocycles. The van der Waals surface area contributed by atoms with Crippen molar-refractivity contribution in [2.24, 2.45) is 0 Å². The fourth-order valence-electron chi connectivity index (χ4n) is 1.77. The highest BCUT2D eigenvalue weighted by atomic mass is 32.2. The number of rotatable bonds is 4. The molecule has 1 N–H and O–H groups in total. The lowest BCUT2D eigenvalue weighted by molar-refractivity contribution is 0.0981. The number of hydrogen-bond donors (Lipinski definition) is 1. The zero-order chi connectivity index (χ0) is 14.0. The van der Waals surface area contributed by atoms with Crippen LogP contribution in [0.25, 0.3) is 0 Å². The van der Waals surface area contributed by atoms with Crippen molar-refractivity contribution in [2.75, 3.05) is 13.2 Å². The van der Waals surface area contributed by atoms with Crippen molar-refractivity contribution in [2.45, 2.75) is 31.6 Å². The van der Waals surface area contributed by atoms with Gasteiger partial charge in [-0.1, -0.05) is 0 Å². The summed E-state index contributed by atoms with van der Waals surface area (Å²) in [6, 6.07) is 0.112. The van der Waals surface area contributed by atoms with E-state index in [2.05, 4.69) is 9.82 Å². The molecule has 1 saturated heterocycles. The zero-order valence-corrected chi connectivity index (χ0v) is 11.7. The number of aromatic nitrogens is 2. The summed E-state index contributed by atoms with van der Waals surface area (Å²) in [7, 11) is -3.68. The molecule has 1 aromatic rings. The molecular formula is C11H17N3O4S. The molecule has 1 aliphatic rings. The van der Waals surface area contributed by atoms with E-state index in [9.17, 15) is 13.2 Å². The normalized spacial score (nSPS) is 19.8. The van der Waals surface area contributed by atoms with Gasteiger partial charge in [0.1, 0.15) is 5.25 Å². The molecule has 1 atom stereocenters. The third kappa shape index (κ3) is 3.13. The average molecular weight is 287 g/mol. The molecule has 8 heteroatoms. The smallest absolute Gasteiger partial charge is 0.267 e. The molecule has 0 aliphatic carbocycles. The van der Waals surface area contributed by atoms with Crippen molar-refractivity contribution in [3.8, 4) is 0 Å². The summed E-state index contributed by atoms with van der Waals surface area (Å²) in [5.41, 5.74) is 0.233. The van der Waals surface area contributed by atoms with E-state index in [0.717, 1.165) is 0 Å². The van der Waals surface area contributed by atoms with E-state index < -0.39 is 21.2 Å². The van der Waals surface area contributed by atoms with Crippen LogP contribution in [0.3, 0.4) is 0 Å². The third-order valence-electron chi connectivity index (χ3n) is 2.95. The SMILES string of the molecule is CC(C)n1cc(C(=O)NS(=O)(=O)C2CCOC2)cn1. The van der Waals surface area contributed by atoms with Gasteiger partial charge in [0.25, 0.3) is 5.91 Å². The Kier molecular flexibility index (Phi) is 3.91. The van der Waals surface area contributed by atoms with Gasteiger partial charge in [0, 0.05) is 18.8 Å². The molecule has 2 heterocycles. The summed E-state index contributed by atoms with van der Waals surface area (Å²) in [6.07, 6.45) is 3.30. The predicted octanol–water partition coefficient (Wildman–Crippen LogP) is 0.312. The molecule has 1 aliphatic heterocycles. The van der Waals surface area contributed by atoms with Crippen LogP contribution in [0.5, 0.6) is 0 Å². The maximum Gasteiger partial charge on any atom is 0.267 e. The van der Waals surface area contributed by atoms with Crippen LogP contribution >= 0.6 is 0 Å². The standard InChI is InChI=1S/C11H17N3O4S/c1-8(2)14-6-9(5-12-14)11(15)13-19(16,17)10-3-4-18-7-10/h5-6,8,10H,3-4,7H2,1-2H3,(H,13,15). The van der Waals surface area contributed by atoms with Gasteiger partial charge in [0.2, 0.25) is 10.0 Å². The summed E-state index contributed by atoms with van der Waals surface area (Å²) >= 11 is 0. The number of nitrogens with one attached hydrogen (secondary N) is 1. The van der Waals surface area contributed by atoms with Crippen LogP contribution in [-0.4, -0.2) is 42.6 Å². The summed E-state index contributed by atoms with van der Waals surface area (Å²) in [6.45, 7) is 4.38. The van der Waals surface area contributed by atoms with Crippen molar-refractivity contribution < 1.29 is 17.9 Å². The topological polar surface area (TPSA) is 90.3 Å². The minimum absolute atomic E-state index is 0.112. The molecule has 7 nitrogen and oxygen atoms in total. The summed E-state index contributed by atoms with van der Waals surface area (Å²) < 4.78 is 32.5. The predicted molar refractivity (Wildman–Crippen MR) is 68.2 cm³/mol. The second-order valence-corrected chi connectivity index (χ2v) is 6.73. The Hall–Kier alpha value is -1.41. The Morgan fingerprint density at radius 1 is 1.58 bits per heavy atom. The van der Waals surface area contributed by atoms with Gasteiger partial charge in [-0.2, -0.15) is 5.10 Å². The Morgan fingerprint density at radius 2 is 2.32 bits per heavy atom. The van der Waals surface area contributed by atoms with Gasteiger partial charge in [0.05, 0.1) is 18.4 Å². The first-order chi connectivity index (χ1) is 8.90. The number of carbonyl (C=O) groups is 1. The summed E-state index contributed by atoms with van der Waals surface area (Å²) in [5.74, 6) is -0.654. The Morgan fingerprint density at radius 3 is 2.84 bits per heavy atom. The lowest BCUT2D eigenvalue weighted by Gasteiger charge is -2.10. The fourth-order valence-corrected chi connectivity index (χ4v) is 2.99. The minimum atomic E-state index is -3.68. The Balaban J connectivity index is 2.07. The van der Waals surface area contributed by atoms with E-state index in [4.69, 9.17) is 4.74 Å². The van der Waals surface area contributed by atoms with Gasteiger partial charge < -0.3 is 4.74 Å². The molecule has 0 spiro atoms. The van der Waals surface area contributed by atoms with Crippen LogP contribution in [-0.2, 0) is 14.8 Å². The first-order valence-corrected chi connectivity index (χ1v) is 7.62. The molecule has 2 rings (SSSR count). The number of ether oxygens (including phenoxy) is 1. The van der Waals surface area contributed by atoms with E-state index in [1.54, 1.807) is 4.68 Å². The summed E-state index contributed by atoms with van der Waals surface area (Å²) in [5, 5.41) is 3.34. The highest BCUT2D eigenvalue weighted by Crippen LogP contribution is 2.13. The van der Waals surface area contributed by atoms with Gasteiger partial charge in [-0.15, -0.1) is 0 Å². The van der Waals surface area contributed by atoms with E-state index in [1.165, 1.54) is 12.4 Å². The van der Waals surface area contributed by atoms with Crippen molar-refractivity contribution >= 4 is 15.9 Å². The quantitative estimate of drug-likeness (QED) is 0.861. The van der Waals surface area contributed by atoms with Gasteiger partial charge in [-0.3, -0.25) is 9.48 Å². The lowest BCUT2D eigenvalue weighted by atomic mass is 10.3. The first kappa shape index (κ1) is 14.0. The van der Waals surface area contributed by atoms with E-state index in [-0.39, 0.29) is 18.2 Å². The minimum Gasteiger partial charge on any atom is -0.380 e. The molecule has 1 unspecified atom stereocenters. The molecule has 106 valence electrons. The second kappa shape index (κ2) is 5.30.